The van der Waals surface area contributed by atoms with Gasteiger partial charge in [0.25, 0.3) is 0 Å². The number of rotatable bonds is 6. The predicted octanol–water partition coefficient (Wildman–Crippen LogP) is 1.60. The molecular weight excluding hydrogens is 212 g/mol. The minimum Gasteiger partial charge on any atom is -0.313 e. The van der Waals surface area contributed by atoms with Crippen molar-refractivity contribution in [1.82, 2.24) is 20.4 Å². The second-order valence-electron chi connectivity index (χ2n) is 4.63. The molecule has 0 spiro atoms. The number of nitrogens with one attached hydrogen (secondary N) is 2. The van der Waals surface area contributed by atoms with Crippen LogP contribution in [0.5, 0.6) is 0 Å². The van der Waals surface area contributed by atoms with E-state index in [0.29, 0.717) is 0 Å². The predicted molar refractivity (Wildman–Crippen MR) is 71.0 cm³/mol. The smallest absolute Gasteiger partial charge is 0.0653 e. The van der Waals surface area contributed by atoms with Crippen LogP contribution in [0.3, 0.4) is 0 Å². The number of hydrogen-bond acceptors (Lipinski definition) is 3. The van der Waals surface area contributed by atoms with Crippen molar-refractivity contribution >= 4 is 10.9 Å². The number of nitrogens with zero attached hydrogens (tertiary/aromatic N) is 2. The van der Waals surface area contributed by atoms with Gasteiger partial charge in [-0.05, 0) is 45.2 Å². The van der Waals surface area contributed by atoms with Gasteiger partial charge in [-0.15, -0.1) is 0 Å². The van der Waals surface area contributed by atoms with Crippen molar-refractivity contribution in [3.63, 3.8) is 0 Å². The maximum atomic E-state index is 4.02. The van der Waals surface area contributed by atoms with Crippen LogP contribution in [0.25, 0.3) is 10.9 Å². The lowest BCUT2D eigenvalue weighted by Gasteiger charge is -2.09. The number of benzene rings is 1. The number of hydrogen-bond donors (Lipinski definition) is 2. The van der Waals surface area contributed by atoms with Gasteiger partial charge in [0.15, 0.2) is 0 Å². The molecule has 4 nitrogen and oxygen atoms in total. The molecule has 0 saturated carbocycles. The molecule has 0 atom stereocenters. The summed E-state index contributed by atoms with van der Waals surface area (Å²) in [4.78, 5) is 2.21. The molecule has 1 aromatic carbocycles. The molecule has 2 rings (SSSR count). The van der Waals surface area contributed by atoms with E-state index < -0.39 is 0 Å². The summed E-state index contributed by atoms with van der Waals surface area (Å²) >= 11 is 0. The molecule has 1 heterocycles. The molecule has 4 heteroatoms. The Morgan fingerprint density at radius 3 is 3.06 bits per heavy atom. The third-order valence-electron chi connectivity index (χ3n) is 2.79. The summed E-state index contributed by atoms with van der Waals surface area (Å²) in [6, 6.07) is 6.41. The summed E-state index contributed by atoms with van der Waals surface area (Å²) in [5.41, 5.74) is 2.41. The summed E-state index contributed by atoms with van der Waals surface area (Å²) in [5, 5.41) is 11.6. The second-order valence-corrected chi connectivity index (χ2v) is 4.63. The summed E-state index contributed by atoms with van der Waals surface area (Å²) in [6.45, 7) is 3.11. The quantitative estimate of drug-likeness (QED) is 0.744. The molecule has 0 unspecified atom stereocenters. The topological polar surface area (TPSA) is 44.0 Å². The van der Waals surface area contributed by atoms with Crippen molar-refractivity contribution in [2.24, 2.45) is 0 Å². The monoisotopic (exact) mass is 232 g/mol. The number of aromatic amines is 1. The Kier molecular flexibility index (Phi) is 4.12. The molecule has 0 aliphatic heterocycles. The van der Waals surface area contributed by atoms with Crippen molar-refractivity contribution < 1.29 is 0 Å². The number of fused-ring (bicyclic) bond motifs is 1. The van der Waals surface area contributed by atoms with Crippen LogP contribution < -0.4 is 5.32 Å². The number of H-pyrrole nitrogens is 1. The third kappa shape index (κ3) is 3.54. The van der Waals surface area contributed by atoms with Crippen molar-refractivity contribution in [3.05, 3.63) is 30.0 Å². The van der Waals surface area contributed by atoms with Gasteiger partial charge in [-0.1, -0.05) is 12.1 Å². The minimum atomic E-state index is 0.919. The minimum absolute atomic E-state index is 0.919. The Morgan fingerprint density at radius 1 is 1.35 bits per heavy atom. The van der Waals surface area contributed by atoms with E-state index >= 15 is 0 Å². The molecule has 2 aromatic rings. The average Bonchev–Trinajstić information content (AvgIpc) is 2.75. The van der Waals surface area contributed by atoms with Gasteiger partial charge in [-0.2, -0.15) is 5.10 Å². The van der Waals surface area contributed by atoms with E-state index in [1.807, 2.05) is 6.20 Å². The van der Waals surface area contributed by atoms with Gasteiger partial charge in [0.05, 0.1) is 11.7 Å². The Hall–Kier alpha value is -1.39. The summed E-state index contributed by atoms with van der Waals surface area (Å²) < 4.78 is 0. The first-order chi connectivity index (χ1) is 8.25. The average molecular weight is 232 g/mol. The number of aromatic nitrogens is 2. The van der Waals surface area contributed by atoms with Crippen LogP contribution in [0.15, 0.2) is 24.4 Å². The molecule has 17 heavy (non-hydrogen) atoms. The summed E-state index contributed by atoms with van der Waals surface area (Å²) in [5.74, 6) is 0. The molecule has 0 saturated heterocycles. The van der Waals surface area contributed by atoms with Gasteiger partial charge >= 0.3 is 0 Å². The maximum Gasteiger partial charge on any atom is 0.0653 e. The largest absolute Gasteiger partial charge is 0.313 e. The zero-order valence-corrected chi connectivity index (χ0v) is 10.5. The normalized spacial score (nSPS) is 11.5. The highest BCUT2D eigenvalue weighted by molar-refractivity contribution is 5.78. The molecule has 0 radical (unpaired) electrons. The van der Waals surface area contributed by atoms with Crippen LogP contribution in [0.1, 0.15) is 12.0 Å². The van der Waals surface area contributed by atoms with Crippen LogP contribution in [0, 0.1) is 0 Å². The summed E-state index contributed by atoms with van der Waals surface area (Å²) in [6.07, 6.45) is 3.03. The van der Waals surface area contributed by atoms with E-state index in [4.69, 9.17) is 0 Å². The molecule has 0 amide bonds. The second kappa shape index (κ2) is 5.80. The Morgan fingerprint density at radius 2 is 2.24 bits per heavy atom. The molecule has 0 aliphatic carbocycles. The van der Waals surface area contributed by atoms with E-state index in [0.717, 1.165) is 25.2 Å². The van der Waals surface area contributed by atoms with Crippen LogP contribution in [0.4, 0.5) is 0 Å². The molecule has 0 bridgehead atoms. The molecular formula is C13H20N4. The fourth-order valence-electron chi connectivity index (χ4n) is 1.85. The Balaban J connectivity index is 1.78. The van der Waals surface area contributed by atoms with Gasteiger partial charge in [-0.3, -0.25) is 5.10 Å². The Bertz CT molecular complexity index is 461. The Labute approximate surface area is 102 Å². The highest BCUT2D eigenvalue weighted by Gasteiger charge is 1.98. The third-order valence-corrected chi connectivity index (χ3v) is 2.79. The van der Waals surface area contributed by atoms with Gasteiger partial charge in [0, 0.05) is 11.9 Å². The van der Waals surface area contributed by atoms with Gasteiger partial charge in [0.2, 0.25) is 0 Å². The highest BCUT2D eigenvalue weighted by Crippen LogP contribution is 2.12. The van der Waals surface area contributed by atoms with Crippen molar-refractivity contribution in [1.29, 1.82) is 0 Å². The lowest BCUT2D eigenvalue weighted by Crippen LogP contribution is -2.20. The first-order valence-electron chi connectivity index (χ1n) is 6.03. The fourth-order valence-corrected chi connectivity index (χ4v) is 1.85. The van der Waals surface area contributed by atoms with Crippen LogP contribution in [-0.2, 0) is 6.54 Å². The van der Waals surface area contributed by atoms with Gasteiger partial charge < -0.3 is 10.2 Å². The molecule has 0 fully saturated rings. The fraction of sp³-hybridized carbons (Fsp3) is 0.462. The lowest BCUT2D eigenvalue weighted by atomic mass is 10.1. The van der Waals surface area contributed by atoms with E-state index in [1.165, 1.54) is 17.4 Å². The van der Waals surface area contributed by atoms with Crippen LogP contribution in [-0.4, -0.2) is 42.3 Å². The van der Waals surface area contributed by atoms with Crippen molar-refractivity contribution in [2.75, 3.05) is 27.2 Å². The van der Waals surface area contributed by atoms with Gasteiger partial charge in [-0.25, -0.2) is 0 Å². The van der Waals surface area contributed by atoms with Crippen LogP contribution >= 0.6 is 0 Å². The van der Waals surface area contributed by atoms with Crippen molar-refractivity contribution in [3.8, 4) is 0 Å². The molecule has 2 N–H and O–H groups in total. The van der Waals surface area contributed by atoms with E-state index in [9.17, 15) is 0 Å². The lowest BCUT2D eigenvalue weighted by molar-refractivity contribution is 0.394. The standard InChI is InChI=1S/C13H20N4/c1-17(2)7-3-6-14-9-11-4-5-12-10-15-16-13(12)8-11/h4-5,8,10,14H,3,6-7,9H2,1-2H3,(H,15,16). The maximum absolute atomic E-state index is 4.02. The zero-order valence-electron chi connectivity index (χ0n) is 10.5. The van der Waals surface area contributed by atoms with E-state index in [2.05, 4.69) is 52.7 Å². The molecule has 1 aromatic heterocycles. The molecule has 92 valence electrons. The SMILES string of the molecule is CN(C)CCCNCc1ccc2cn[nH]c2c1. The van der Waals surface area contributed by atoms with E-state index in [1.54, 1.807) is 0 Å². The van der Waals surface area contributed by atoms with Gasteiger partial charge in [0.1, 0.15) is 0 Å². The zero-order chi connectivity index (χ0) is 12.1. The highest BCUT2D eigenvalue weighted by atomic mass is 15.1. The van der Waals surface area contributed by atoms with E-state index in [-0.39, 0.29) is 0 Å². The summed E-state index contributed by atoms with van der Waals surface area (Å²) in [7, 11) is 4.21. The first-order valence-corrected chi connectivity index (χ1v) is 6.03. The molecule has 0 aliphatic rings. The van der Waals surface area contributed by atoms with Crippen LogP contribution in [0.2, 0.25) is 0 Å². The first kappa shape index (κ1) is 12.1. The van der Waals surface area contributed by atoms with Crippen molar-refractivity contribution in [2.45, 2.75) is 13.0 Å².